The summed E-state index contributed by atoms with van der Waals surface area (Å²) in [6.45, 7) is 2.05. The van der Waals surface area contributed by atoms with Crippen LogP contribution in [0.4, 0.5) is 10.1 Å². The fourth-order valence-electron chi connectivity index (χ4n) is 5.11. The molecule has 0 atom stereocenters. The summed E-state index contributed by atoms with van der Waals surface area (Å²) in [6, 6.07) is 14.6. The number of rotatable bonds is 2. The molecule has 2 aromatic carbocycles. The molecule has 0 spiro atoms. The Morgan fingerprint density at radius 2 is 1.30 bits per heavy atom. The molecule has 4 heteroatoms. The molecule has 0 unspecified atom stereocenters. The second-order valence-electron chi connectivity index (χ2n) is 8.43. The summed E-state index contributed by atoms with van der Waals surface area (Å²) in [5.74, 6) is -0.498. The molecule has 0 saturated carbocycles. The van der Waals surface area contributed by atoms with Gasteiger partial charge in [-0.05, 0) is 62.4 Å². The van der Waals surface area contributed by atoms with Gasteiger partial charge in [0.1, 0.15) is 5.82 Å². The molecular formula is C26H24FNO2. The molecule has 2 aromatic rings. The van der Waals surface area contributed by atoms with Crippen LogP contribution in [0.5, 0.6) is 0 Å². The van der Waals surface area contributed by atoms with E-state index in [0.717, 1.165) is 59.5 Å². The van der Waals surface area contributed by atoms with Crippen LogP contribution < -0.4 is 4.90 Å². The maximum Gasteiger partial charge on any atom is 0.161 e. The van der Waals surface area contributed by atoms with Gasteiger partial charge in [-0.2, -0.15) is 0 Å². The number of hydrogen-bond donors (Lipinski definition) is 0. The van der Waals surface area contributed by atoms with E-state index in [1.807, 2.05) is 6.92 Å². The average Bonchev–Trinajstić information content (AvgIpc) is 2.74. The zero-order valence-electron chi connectivity index (χ0n) is 17.1. The Bertz CT molecular complexity index is 1050. The van der Waals surface area contributed by atoms with E-state index >= 15 is 0 Å². The van der Waals surface area contributed by atoms with Crippen molar-refractivity contribution in [3.8, 4) is 0 Å². The van der Waals surface area contributed by atoms with Crippen LogP contribution in [0.2, 0.25) is 0 Å². The van der Waals surface area contributed by atoms with Crippen molar-refractivity contribution >= 4 is 17.3 Å². The van der Waals surface area contributed by atoms with Crippen molar-refractivity contribution in [1.29, 1.82) is 0 Å². The van der Waals surface area contributed by atoms with Gasteiger partial charge in [-0.15, -0.1) is 0 Å². The maximum absolute atomic E-state index is 13.6. The highest BCUT2D eigenvalue weighted by Gasteiger charge is 2.43. The molecule has 2 aliphatic carbocycles. The highest BCUT2D eigenvalue weighted by molar-refractivity contribution is 6.07. The molecule has 1 heterocycles. The Hall–Kier alpha value is -3.01. The highest BCUT2D eigenvalue weighted by Crippen LogP contribution is 2.50. The van der Waals surface area contributed by atoms with Gasteiger partial charge in [0.2, 0.25) is 0 Å². The van der Waals surface area contributed by atoms with Gasteiger partial charge >= 0.3 is 0 Å². The number of aryl methyl sites for hydroxylation is 1. The first-order chi connectivity index (χ1) is 14.5. The number of allylic oxidation sites excluding steroid dienone is 4. The lowest BCUT2D eigenvalue weighted by atomic mass is 9.71. The first kappa shape index (κ1) is 19.0. The molecule has 3 aliphatic rings. The number of ketones is 2. The summed E-state index contributed by atoms with van der Waals surface area (Å²) >= 11 is 0. The Balaban J connectivity index is 1.77. The van der Waals surface area contributed by atoms with Crippen molar-refractivity contribution in [2.45, 2.75) is 51.4 Å². The zero-order valence-corrected chi connectivity index (χ0v) is 17.1. The minimum absolute atomic E-state index is 0.104. The topological polar surface area (TPSA) is 37.4 Å². The number of carbonyl (C=O) groups excluding carboxylic acids is 2. The summed E-state index contributed by atoms with van der Waals surface area (Å²) in [6.07, 6.45) is 4.22. The molecule has 0 bridgehead atoms. The summed E-state index contributed by atoms with van der Waals surface area (Å²) < 4.78 is 13.6. The molecule has 0 radical (unpaired) electrons. The minimum atomic E-state index is -0.391. The first-order valence-corrected chi connectivity index (χ1v) is 10.7. The number of benzene rings is 2. The van der Waals surface area contributed by atoms with Crippen LogP contribution in [0, 0.1) is 12.7 Å². The van der Waals surface area contributed by atoms with Gasteiger partial charge < -0.3 is 4.90 Å². The summed E-state index contributed by atoms with van der Waals surface area (Å²) in [5, 5.41) is 0. The second-order valence-corrected chi connectivity index (χ2v) is 8.43. The van der Waals surface area contributed by atoms with E-state index in [1.165, 1.54) is 17.7 Å². The van der Waals surface area contributed by atoms with Crippen molar-refractivity contribution in [2.24, 2.45) is 0 Å². The third-order valence-electron chi connectivity index (χ3n) is 6.47. The second kappa shape index (κ2) is 7.35. The van der Waals surface area contributed by atoms with Crippen LogP contribution in [0.3, 0.4) is 0 Å². The van der Waals surface area contributed by atoms with Gasteiger partial charge in [0.05, 0.1) is 0 Å². The predicted molar refractivity (Wildman–Crippen MR) is 115 cm³/mol. The molecule has 1 aliphatic heterocycles. The zero-order chi connectivity index (χ0) is 20.8. The van der Waals surface area contributed by atoms with Gasteiger partial charge in [0.15, 0.2) is 11.6 Å². The largest absolute Gasteiger partial charge is 0.317 e. The van der Waals surface area contributed by atoms with Crippen LogP contribution in [-0.2, 0) is 9.59 Å². The van der Waals surface area contributed by atoms with E-state index in [2.05, 4.69) is 29.2 Å². The van der Waals surface area contributed by atoms with Gasteiger partial charge in [-0.1, -0.05) is 29.8 Å². The maximum atomic E-state index is 13.6. The average molecular weight is 401 g/mol. The lowest BCUT2D eigenvalue weighted by Gasteiger charge is -2.44. The van der Waals surface area contributed by atoms with Gasteiger partial charge in [-0.25, -0.2) is 4.39 Å². The molecule has 30 heavy (non-hydrogen) atoms. The molecule has 152 valence electrons. The van der Waals surface area contributed by atoms with E-state index in [0.29, 0.717) is 12.8 Å². The SMILES string of the molecule is Cc1ccc(N2C3=C(C(=O)CCC3)C(c3ccc(F)cc3)C3=C2CCCC3=O)cc1. The van der Waals surface area contributed by atoms with Crippen LogP contribution in [-0.4, -0.2) is 11.6 Å². The molecule has 0 amide bonds. The summed E-state index contributed by atoms with van der Waals surface area (Å²) in [5.41, 5.74) is 6.47. The van der Waals surface area contributed by atoms with Gasteiger partial charge in [0.25, 0.3) is 0 Å². The molecule has 5 rings (SSSR count). The fraction of sp³-hybridized carbons (Fsp3) is 0.308. The van der Waals surface area contributed by atoms with Crippen molar-refractivity contribution < 1.29 is 14.0 Å². The van der Waals surface area contributed by atoms with E-state index in [4.69, 9.17) is 0 Å². The smallest absolute Gasteiger partial charge is 0.161 e. The Labute approximate surface area is 175 Å². The molecule has 3 nitrogen and oxygen atoms in total. The third kappa shape index (κ3) is 3.02. The molecule has 0 fully saturated rings. The van der Waals surface area contributed by atoms with E-state index in [1.54, 1.807) is 12.1 Å². The summed E-state index contributed by atoms with van der Waals surface area (Å²) in [4.78, 5) is 28.6. The van der Waals surface area contributed by atoms with Crippen LogP contribution in [0.1, 0.15) is 55.6 Å². The monoisotopic (exact) mass is 401 g/mol. The van der Waals surface area contributed by atoms with Crippen molar-refractivity contribution in [1.82, 2.24) is 0 Å². The van der Waals surface area contributed by atoms with Gasteiger partial charge in [0, 0.05) is 47.0 Å². The van der Waals surface area contributed by atoms with Crippen LogP contribution in [0.25, 0.3) is 0 Å². The molecule has 0 saturated heterocycles. The quantitative estimate of drug-likeness (QED) is 0.643. The van der Waals surface area contributed by atoms with Gasteiger partial charge in [-0.3, -0.25) is 9.59 Å². The minimum Gasteiger partial charge on any atom is -0.317 e. The summed E-state index contributed by atoms with van der Waals surface area (Å²) in [7, 11) is 0. The van der Waals surface area contributed by atoms with Crippen molar-refractivity contribution in [3.05, 3.63) is 88.0 Å². The standard InChI is InChI=1S/C26H24FNO2/c1-16-8-14-19(15-9-16)28-20-4-2-6-22(29)25(20)24(17-10-12-18(27)13-11-17)26-21(28)5-3-7-23(26)30/h8-15,24H,2-7H2,1H3. The van der Waals surface area contributed by atoms with Crippen molar-refractivity contribution in [3.63, 3.8) is 0 Å². The lowest BCUT2D eigenvalue weighted by Crippen LogP contribution is -2.39. The number of Topliss-reactive ketones (excluding diaryl/α,β-unsaturated/α-hetero) is 2. The first-order valence-electron chi connectivity index (χ1n) is 10.7. The number of hydrogen-bond acceptors (Lipinski definition) is 3. The molecule has 0 aromatic heterocycles. The molecule has 0 N–H and O–H groups in total. The third-order valence-corrected chi connectivity index (χ3v) is 6.47. The number of nitrogens with zero attached hydrogens (tertiary/aromatic N) is 1. The number of halogens is 1. The Morgan fingerprint density at radius 3 is 1.83 bits per heavy atom. The van der Waals surface area contributed by atoms with E-state index in [9.17, 15) is 14.0 Å². The van der Waals surface area contributed by atoms with Crippen molar-refractivity contribution in [2.75, 3.05) is 4.90 Å². The molecular weight excluding hydrogens is 377 g/mol. The number of carbonyl (C=O) groups is 2. The van der Waals surface area contributed by atoms with E-state index in [-0.39, 0.29) is 17.4 Å². The van der Waals surface area contributed by atoms with Crippen LogP contribution in [0.15, 0.2) is 71.1 Å². The highest BCUT2D eigenvalue weighted by atomic mass is 19.1. The Kier molecular flexibility index (Phi) is 4.65. The van der Waals surface area contributed by atoms with E-state index < -0.39 is 5.92 Å². The predicted octanol–water partition coefficient (Wildman–Crippen LogP) is 5.75. The Morgan fingerprint density at radius 1 is 0.767 bits per heavy atom. The normalized spacial score (nSPS) is 19.9. The fourth-order valence-corrected chi connectivity index (χ4v) is 5.11. The number of anilines is 1. The van der Waals surface area contributed by atoms with Crippen LogP contribution >= 0.6 is 0 Å². The lowest BCUT2D eigenvalue weighted by molar-refractivity contribution is -0.116.